The summed E-state index contributed by atoms with van der Waals surface area (Å²) in [6, 6.07) is 0. The maximum atomic E-state index is 10.7. The standard InChI is InChI=1S/C17H29NO2S/c1-4-5-6-7-8-9-10-11-17(2,3)16-18-14(13-21-16)12-15(19)20/h13H,4-12H2,1-3H3,(H,19,20). The Labute approximate surface area is 132 Å². The summed E-state index contributed by atoms with van der Waals surface area (Å²) in [4.78, 5) is 15.2. The summed E-state index contributed by atoms with van der Waals surface area (Å²) in [6.07, 6.45) is 10.4. The van der Waals surface area contributed by atoms with Gasteiger partial charge in [0.2, 0.25) is 0 Å². The van der Waals surface area contributed by atoms with Crippen LogP contribution < -0.4 is 0 Å². The molecule has 1 heterocycles. The molecule has 0 saturated heterocycles. The fourth-order valence-corrected chi connectivity index (χ4v) is 3.46. The van der Waals surface area contributed by atoms with E-state index in [9.17, 15) is 4.79 Å². The van der Waals surface area contributed by atoms with E-state index in [1.54, 1.807) is 11.3 Å². The number of rotatable bonds is 11. The summed E-state index contributed by atoms with van der Waals surface area (Å²) in [6.45, 7) is 6.68. The lowest BCUT2D eigenvalue weighted by Gasteiger charge is -2.21. The molecule has 1 aromatic heterocycles. The number of aromatic nitrogens is 1. The van der Waals surface area contributed by atoms with Gasteiger partial charge < -0.3 is 5.11 Å². The van der Waals surface area contributed by atoms with Gasteiger partial charge in [0.1, 0.15) is 0 Å². The largest absolute Gasteiger partial charge is 0.481 e. The smallest absolute Gasteiger partial charge is 0.309 e. The molecule has 0 aliphatic heterocycles. The van der Waals surface area contributed by atoms with Crippen molar-refractivity contribution in [3.05, 3.63) is 16.1 Å². The Kier molecular flexibility index (Phi) is 7.94. The Bertz CT molecular complexity index is 426. The first-order chi connectivity index (χ1) is 9.95. The Hall–Kier alpha value is -0.900. The summed E-state index contributed by atoms with van der Waals surface area (Å²) in [7, 11) is 0. The fraction of sp³-hybridized carbons (Fsp3) is 0.765. The van der Waals surface area contributed by atoms with E-state index in [2.05, 4.69) is 25.8 Å². The van der Waals surface area contributed by atoms with Gasteiger partial charge in [-0.05, 0) is 6.42 Å². The van der Waals surface area contributed by atoms with Crippen LogP contribution in [0.2, 0.25) is 0 Å². The van der Waals surface area contributed by atoms with Crippen molar-refractivity contribution >= 4 is 17.3 Å². The molecule has 0 unspecified atom stereocenters. The molecule has 0 amide bonds. The number of unbranched alkanes of at least 4 members (excludes halogenated alkanes) is 6. The maximum absolute atomic E-state index is 10.7. The van der Waals surface area contributed by atoms with Crippen molar-refractivity contribution in [3.63, 3.8) is 0 Å². The third kappa shape index (κ3) is 7.07. The number of carboxylic acid groups (broad SMARTS) is 1. The molecule has 0 atom stereocenters. The van der Waals surface area contributed by atoms with Crippen LogP contribution in [-0.4, -0.2) is 16.1 Å². The molecule has 0 fully saturated rings. The molecule has 0 aromatic carbocycles. The Morgan fingerprint density at radius 1 is 1.19 bits per heavy atom. The second-order valence-corrected chi connectivity index (χ2v) is 7.33. The monoisotopic (exact) mass is 311 g/mol. The van der Waals surface area contributed by atoms with Crippen molar-refractivity contribution in [2.24, 2.45) is 0 Å². The van der Waals surface area contributed by atoms with Crippen LogP contribution in [0.5, 0.6) is 0 Å². The zero-order valence-electron chi connectivity index (χ0n) is 13.7. The van der Waals surface area contributed by atoms with E-state index in [0.717, 1.165) is 11.4 Å². The molecule has 0 bridgehead atoms. The van der Waals surface area contributed by atoms with Gasteiger partial charge in [-0.2, -0.15) is 0 Å². The van der Waals surface area contributed by atoms with E-state index >= 15 is 0 Å². The van der Waals surface area contributed by atoms with Crippen LogP contribution in [0.1, 0.15) is 82.8 Å². The molecule has 21 heavy (non-hydrogen) atoms. The maximum Gasteiger partial charge on any atom is 0.309 e. The zero-order chi connectivity index (χ0) is 15.7. The third-order valence-corrected chi connectivity index (χ3v) is 5.13. The first kappa shape index (κ1) is 18.1. The summed E-state index contributed by atoms with van der Waals surface area (Å²) in [5, 5.41) is 11.8. The van der Waals surface area contributed by atoms with Crippen LogP contribution >= 0.6 is 11.3 Å². The number of nitrogens with zero attached hydrogens (tertiary/aromatic N) is 1. The Morgan fingerprint density at radius 3 is 2.43 bits per heavy atom. The summed E-state index contributed by atoms with van der Waals surface area (Å²) >= 11 is 1.60. The highest BCUT2D eigenvalue weighted by atomic mass is 32.1. The molecule has 1 N–H and O–H groups in total. The SMILES string of the molecule is CCCCCCCCCC(C)(C)c1nc(CC(=O)O)cs1. The average Bonchev–Trinajstić information content (AvgIpc) is 2.86. The second-order valence-electron chi connectivity index (χ2n) is 6.47. The van der Waals surface area contributed by atoms with Gasteiger partial charge in [-0.1, -0.05) is 65.7 Å². The van der Waals surface area contributed by atoms with E-state index in [4.69, 9.17) is 5.11 Å². The number of hydrogen-bond donors (Lipinski definition) is 1. The zero-order valence-corrected chi connectivity index (χ0v) is 14.5. The minimum absolute atomic E-state index is 0.0318. The minimum Gasteiger partial charge on any atom is -0.481 e. The van der Waals surface area contributed by atoms with Gasteiger partial charge in [-0.25, -0.2) is 4.98 Å². The first-order valence-corrected chi connectivity index (χ1v) is 9.00. The molecule has 1 rings (SSSR count). The van der Waals surface area contributed by atoms with Crippen molar-refractivity contribution in [1.82, 2.24) is 4.98 Å². The molecule has 0 spiro atoms. The summed E-state index contributed by atoms with van der Waals surface area (Å²) in [5.41, 5.74) is 0.750. The lowest BCUT2D eigenvalue weighted by Crippen LogP contribution is -2.17. The van der Waals surface area contributed by atoms with Crippen LogP contribution in [0.15, 0.2) is 5.38 Å². The molecule has 3 nitrogen and oxygen atoms in total. The van der Waals surface area contributed by atoms with Crippen molar-refractivity contribution in [1.29, 1.82) is 0 Å². The highest BCUT2D eigenvalue weighted by molar-refractivity contribution is 7.09. The normalized spacial score (nSPS) is 11.8. The number of carbonyl (C=O) groups is 1. The number of thiazole rings is 1. The molecule has 0 saturated carbocycles. The van der Waals surface area contributed by atoms with Gasteiger partial charge in [0.15, 0.2) is 0 Å². The van der Waals surface area contributed by atoms with Gasteiger partial charge in [-0.15, -0.1) is 11.3 Å². The van der Waals surface area contributed by atoms with Gasteiger partial charge in [0.25, 0.3) is 0 Å². The van der Waals surface area contributed by atoms with Crippen LogP contribution in [0, 0.1) is 0 Å². The average molecular weight is 311 g/mol. The van der Waals surface area contributed by atoms with Crippen LogP contribution in [0.3, 0.4) is 0 Å². The Morgan fingerprint density at radius 2 is 1.81 bits per heavy atom. The van der Waals surface area contributed by atoms with Crippen molar-refractivity contribution in [2.45, 2.75) is 84.0 Å². The topological polar surface area (TPSA) is 50.2 Å². The van der Waals surface area contributed by atoms with Crippen LogP contribution in [0.25, 0.3) is 0 Å². The molecular weight excluding hydrogens is 282 g/mol. The molecular formula is C17H29NO2S. The van der Waals surface area contributed by atoms with E-state index in [1.165, 1.54) is 44.9 Å². The lowest BCUT2D eigenvalue weighted by atomic mass is 9.87. The highest BCUT2D eigenvalue weighted by Gasteiger charge is 2.24. The quantitative estimate of drug-likeness (QED) is 0.572. The van der Waals surface area contributed by atoms with Crippen LogP contribution in [-0.2, 0) is 16.6 Å². The number of hydrogen-bond acceptors (Lipinski definition) is 3. The van der Waals surface area contributed by atoms with E-state index < -0.39 is 5.97 Å². The van der Waals surface area contributed by atoms with Crippen molar-refractivity contribution < 1.29 is 9.90 Å². The first-order valence-electron chi connectivity index (χ1n) is 8.12. The number of carboxylic acids is 1. The number of aliphatic carboxylic acids is 1. The van der Waals surface area contributed by atoms with E-state index in [1.807, 2.05) is 5.38 Å². The summed E-state index contributed by atoms with van der Waals surface area (Å²) in [5.74, 6) is -0.809. The second kappa shape index (κ2) is 9.19. The van der Waals surface area contributed by atoms with Gasteiger partial charge in [0.05, 0.1) is 17.1 Å². The fourth-order valence-electron chi connectivity index (χ4n) is 2.48. The van der Waals surface area contributed by atoms with E-state index in [0.29, 0.717) is 5.69 Å². The molecule has 0 radical (unpaired) electrons. The predicted octanol–water partition coefficient (Wildman–Crippen LogP) is 5.19. The van der Waals surface area contributed by atoms with E-state index in [-0.39, 0.29) is 11.8 Å². The predicted molar refractivity (Wildman–Crippen MR) is 89.1 cm³/mol. The van der Waals surface area contributed by atoms with Crippen LogP contribution in [0.4, 0.5) is 0 Å². The molecule has 1 aromatic rings. The highest BCUT2D eigenvalue weighted by Crippen LogP contribution is 2.32. The molecule has 120 valence electrons. The summed E-state index contributed by atoms with van der Waals surface area (Å²) < 4.78 is 0. The van der Waals surface area contributed by atoms with Gasteiger partial charge in [0, 0.05) is 10.8 Å². The molecule has 0 aliphatic carbocycles. The van der Waals surface area contributed by atoms with Gasteiger partial charge in [-0.3, -0.25) is 4.79 Å². The Balaban J connectivity index is 2.32. The lowest BCUT2D eigenvalue weighted by molar-refractivity contribution is -0.136. The minimum atomic E-state index is -0.809. The van der Waals surface area contributed by atoms with Crippen molar-refractivity contribution in [3.8, 4) is 0 Å². The van der Waals surface area contributed by atoms with Gasteiger partial charge >= 0.3 is 5.97 Å². The third-order valence-electron chi connectivity index (χ3n) is 3.87. The van der Waals surface area contributed by atoms with Crippen molar-refractivity contribution in [2.75, 3.05) is 0 Å². The molecule has 4 heteroatoms. The molecule has 0 aliphatic rings.